The lowest BCUT2D eigenvalue weighted by Gasteiger charge is -2.21. The maximum atomic E-state index is 13.5. The Morgan fingerprint density at radius 2 is 1.68 bits per heavy atom. The standard InChI is InChI=1S/C12H11F3O3S/c13-7-5-8(14)11(9(15)6-7)12(16)10-3-1-2-4-19(10,17)18/h5-6,10H,1-4H2. The van der Waals surface area contributed by atoms with Crippen LogP contribution in [0.1, 0.15) is 29.6 Å². The van der Waals surface area contributed by atoms with Crippen molar-refractivity contribution >= 4 is 15.6 Å². The van der Waals surface area contributed by atoms with E-state index in [0.717, 1.165) is 0 Å². The van der Waals surface area contributed by atoms with Gasteiger partial charge in [0.15, 0.2) is 15.6 Å². The number of carbonyl (C=O) groups excluding carboxylic acids is 1. The molecule has 0 N–H and O–H groups in total. The molecule has 0 spiro atoms. The largest absolute Gasteiger partial charge is 0.292 e. The van der Waals surface area contributed by atoms with Gasteiger partial charge in [0.2, 0.25) is 0 Å². The number of rotatable bonds is 2. The van der Waals surface area contributed by atoms with Crippen LogP contribution in [-0.4, -0.2) is 25.2 Å². The van der Waals surface area contributed by atoms with Crippen LogP contribution in [0.5, 0.6) is 0 Å². The van der Waals surface area contributed by atoms with Crippen LogP contribution in [-0.2, 0) is 9.84 Å². The Morgan fingerprint density at radius 1 is 1.11 bits per heavy atom. The molecule has 1 heterocycles. The molecule has 7 heteroatoms. The molecular weight excluding hydrogens is 281 g/mol. The fraction of sp³-hybridized carbons (Fsp3) is 0.417. The van der Waals surface area contributed by atoms with E-state index in [-0.39, 0.29) is 12.2 Å². The highest BCUT2D eigenvalue weighted by Crippen LogP contribution is 2.25. The van der Waals surface area contributed by atoms with Crippen LogP contribution in [0.3, 0.4) is 0 Å². The van der Waals surface area contributed by atoms with Gasteiger partial charge in [-0.3, -0.25) is 4.79 Å². The van der Waals surface area contributed by atoms with Crippen LogP contribution < -0.4 is 0 Å². The smallest absolute Gasteiger partial charge is 0.186 e. The molecule has 2 rings (SSSR count). The Kier molecular flexibility index (Phi) is 3.66. The summed E-state index contributed by atoms with van der Waals surface area (Å²) in [5.74, 6) is -5.20. The second kappa shape index (κ2) is 4.96. The van der Waals surface area contributed by atoms with Crippen LogP contribution in [0.4, 0.5) is 13.2 Å². The Labute approximate surface area is 108 Å². The van der Waals surface area contributed by atoms with Gasteiger partial charge in [-0.2, -0.15) is 0 Å². The zero-order chi connectivity index (χ0) is 14.2. The van der Waals surface area contributed by atoms with Crippen molar-refractivity contribution in [2.45, 2.75) is 24.5 Å². The average molecular weight is 292 g/mol. The van der Waals surface area contributed by atoms with E-state index in [1.54, 1.807) is 0 Å². The predicted molar refractivity (Wildman–Crippen MR) is 62.1 cm³/mol. The van der Waals surface area contributed by atoms with Gasteiger partial charge in [-0.05, 0) is 12.8 Å². The van der Waals surface area contributed by atoms with Crippen molar-refractivity contribution < 1.29 is 26.4 Å². The number of hydrogen-bond acceptors (Lipinski definition) is 3. The van der Waals surface area contributed by atoms with E-state index in [0.29, 0.717) is 25.0 Å². The topological polar surface area (TPSA) is 51.2 Å². The summed E-state index contributed by atoms with van der Waals surface area (Å²) >= 11 is 0. The summed E-state index contributed by atoms with van der Waals surface area (Å²) in [7, 11) is -3.69. The molecule has 1 unspecified atom stereocenters. The maximum absolute atomic E-state index is 13.5. The van der Waals surface area contributed by atoms with Crippen molar-refractivity contribution in [3.8, 4) is 0 Å². The van der Waals surface area contributed by atoms with E-state index in [2.05, 4.69) is 0 Å². The maximum Gasteiger partial charge on any atom is 0.186 e. The minimum Gasteiger partial charge on any atom is -0.292 e. The Balaban J connectivity index is 2.45. The summed E-state index contributed by atoms with van der Waals surface area (Å²) in [5, 5.41) is -1.43. The SMILES string of the molecule is O=C(c1c(F)cc(F)cc1F)C1CCCCS1(=O)=O. The third-order valence-electron chi connectivity index (χ3n) is 3.12. The minimum atomic E-state index is -3.69. The second-order valence-corrected chi connectivity index (χ2v) is 6.76. The molecule has 1 aliphatic heterocycles. The Morgan fingerprint density at radius 3 is 2.21 bits per heavy atom. The Hall–Kier alpha value is -1.37. The quantitative estimate of drug-likeness (QED) is 0.786. The van der Waals surface area contributed by atoms with Gasteiger partial charge in [-0.15, -0.1) is 0 Å². The molecule has 0 aliphatic carbocycles. The normalized spacial score (nSPS) is 22.2. The van der Waals surface area contributed by atoms with Crippen molar-refractivity contribution in [1.29, 1.82) is 0 Å². The fourth-order valence-electron chi connectivity index (χ4n) is 2.19. The summed E-state index contributed by atoms with van der Waals surface area (Å²) in [4.78, 5) is 12.0. The first-order chi connectivity index (χ1) is 8.83. The number of Topliss-reactive ketones (excluding diaryl/α,β-unsaturated/α-hetero) is 1. The highest BCUT2D eigenvalue weighted by Gasteiger charge is 2.37. The van der Waals surface area contributed by atoms with Crippen LogP contribution in [0.25, 0.3) is 0 Å². The lowest BCUT2D eigenvalue weighted by Crippen LogP contribution is -2.36. The van der Waals surface area contributed by atoms with E-state index in [1.165, 1.54) is 0 Å². The first-order valence-electron chi connectivity index (χ1n) is 5.73. The molecule has 0 aromatic heterocycles. The molecule has 1 atom stereocenters. The van der Waals surface area contributed by atoms with Gasteiger partial charge < -0.3 is 0 Å². The van der Waals surface area contributed by atoms with E-state index in [9.17, 15) is 26.4 Å². The Bertz CT molecular complexity index is 602. The molecule has 0 amide bonds. The molecule has 0 radical (unpaired) electrons. The number of sulfone groups is 1. The first-order valence-corrected chi connectivity index (χ1v) is 7.45. The number of ketones is 1. The second-order valence-electron chi connectivity index (χ2n) is 4.46. The predicted octanol–water partition coefficient (Wildman–Crippen LogP) is 2.25. The van der Waals surface area contributed by atoms with Gasteiger partial charge in [-0.25, -0.2) is 21.6 Å². The third-order valence-corrected chi connectivity index (χ3v) is 5.30. The summed E-state index contributed by atoms with van der Waals surface area (Å²) < 4.78 is 63.2. The van der Waals surface area contributed by atoms with Gasteiger partial charge in [0, 0.05) is 12.1 Å². The molecule has 0 bridgehead atoms. The molecule has 1 aliphatic rings. The van der Waals surface area contributed by atoms with Crippen LogP contribution in [0.15, 0.2) is 12.1 Å². The lowest BCUT2D eigenvalue weighted by atomic mass is 10.0. The molecule has 0 saturated carbocycles. The van der Waals surface area contributed by atoms with Crippen LogP contribution in [0.2, 0.25) is 0 Å². The van der Waals surface area contributed by atoms with Crippen LogP contribution >= 0.6 is 0 Å². The lowest BCUT2D eigenvalue weighted by molar-refractivity contribution is 0.0973. The average Bonchev–Trinajstić information content (AvgIpc) is 2.26. The fourth-order valence-corrected chi connectivity index (χ4v) is 4.05. The molecule has 19 heavy (non-hydrogen) atoms. The van der Waals surface area contributed by atoms with Crippen molar-refractivity contribution in [2.24, 2.45) is 0 Å². The van der Waals surface area contributed by atoms with E-state index in [1.807, 2.05) is 0 Å². The van der Waals surface area contributed by atoms with E-state index in [4.69, 9.17) is 0 Å². The van der Waals surface area contributed by atoms with E-state index < -0.39 is 43.9 Å². The molecule has 1 saturated heterocycles. The van der Waals surface area contributed by atoms with Gasteiger partial charge >= 0.3 is 0 Å². The molecule has 1 aromatic rings. The number of hydrogen-bond donors (Lipinski definition) is 0. The van der Waals surface area contributed by atoms with Crippen molar-refractivity contribution in [2.75, 3.05) is 5.75 Å². The summed E-state index contributed by atoms with van der Waals surface area (Å²) in [6.07, 6.45) is 0.970. The summed E-state index contributed by atoms with van der Waals surface area (Å²) in [6.45, 7) is 0. The van der Waals surface area contributed by atoms with Gasteiger partial charge in [0.05, 0.1) is 11.3 Å². The van der Waals surface area contributed by atoms with Gasteiger partial charge in [-0.1, -0.05) is 6.42 Å². The molecule has 3 nitrogen and oxygen atoms in total. The number of carbonyl (C=O) groups is 1. The molecule has 1 fully saturated rings. The van der Waals surface area contributed by atoms with Crippen LogP contribution in [0, 0.1) is 17.5 Å². The van der Waals surface area contributed by atoms with Crippen molar-refractivity contribution in [1.82, 2.24) is 0 Å². The summed E-state index contributed by atoms with van der Waals surface area (Å²) in [6, 6.07) is 0.734. The molecule has 104 valence electrons. The number of halogens is 3. The zero-order valence-corrected chi connectivity index (χ0v) is 10.6. The number of benzene rings is 1. The van der Waals surface area contributed by atoms with Crippen molar-refractivity contribution in [3.05, 3.63) is 35.1 Å². The summed E-state index contributed by atoms with van der Waals surface area (Å²) in [5.41, 5.74) is -0.975. The monoisotopic (exact) mass is 292 g/mol. The van der Waals surface area contributed by atoms with E-state index >= 15 is 0 Å². The van der Waals surface area contributed by atoms with Crippen molar-refractivity contribution in [3.63, 3.8) is 0 Å². The minimum absolute atomic E-state index is 0.0391. The first kappa shape index (κ1) is 14.0. The molecule has 1 aromatic carbocycles. The molecular formula is C12H11F3O3S. The van der Waals surface area contributed by atoms with Gasteiger partial charge in [0.1, 0.15) is 22.7 Å². The van der Waals surface area contributed by atoms with Gasteiger partial charge in [0.25, 0.3) is 0 Å². The highest BCUT2D eigenvalue weighted by molar-refractivity contribution is 7.92. The highest BCUT2D eigenvalue weighted by atomic mass is 32.2. The third kappa shape index (κ3) is 2.65. The zero-order valence-electron chi connectivity index (χ0n) is 9.83.